The van der Waals surface area contributed by atoms with Crippen LogP contribution in [0.5, 0.6) is 0 Å². The predicted molar refractivity (Wildman–Crippen MR) is 77.6 cm³/mol. The van der Waals surface area contributed by atoms with Gasteiger partial charge in [-0.1, -0.05) is 20.8 Å². The average Bonchev–Trinajstić information content (AvgIpc) is 2.34. The van der Waals surface area contributed by atoms with Gasteiger partial charge in [-0.2, -0.15) is 0 Å². The van der Waals surface area contributed by atoms with E-state index in [-0.39, 0.29) is 0 Å². The van der Waals surface area contributed by atoms with Gasteiger partial charge in [0.2, 0.25) is 0 Å². The minimum atomic E-state index is 0.417. The zero-order chi connectivity index (χ0) is 13.8. The van der Waals surface area contributed by atoms with Crippen LogP contribution in [0.2, 0.25) is 0 Å². The maximum atomic E-state index is 5.96. The fourth-order valence-corrected chi connectivity index (χ4v) is 3.21. The summed E-state index contributed by atoms with van der Waals surface area (Å²) in [7, 11) is 3.99. The molecular weight excluding hydrogens is 224 g/mol. The normalized spacial score (nSPS) is 29.8. The molecule has 1 saturated carbocycles. The summed E-state index contributed by atoms with van der Waals surface area (Å²) in [6.07, 6.45) is 3.89. The fraction of sp³-hybridized carbons (Fsp3) is 1.00. The molecular formula is C15H32N2O. The van der Waals surface area contributed by atoms with Crippen molar-refractivity contribution in [2.45, 2.75) is 46.1 Å². The second-order valence-corrected chi connectivity index (χ2v) is 6.91. The molecule has 1 fully saturated rings. The van der Waals surface area contributed by atoms with Crippen LogP contribution < -0.4 is 5.73 Å². The van der Waals surface area contributed by atoms with Crippen LogP contribution in [0.15, 0.2) is 0 Å². The van der Waals surface area contributed by atoms with E-state index < -0.39 is 0 Å². The number of methoxy groups -OCH3 is 1. The Kier molecular flexibility index (Phi) is 6.09. The first-order valence-electron chi connectivity index (χ1n) is 7.29. The number of rotatable bonds is 5. The SMILES string of the molecule is COCCN(C)C1CC(C(C)(C)C)CCC1CN. The molecule has 3 nitrogen and oxygen atoms in total. The molecule has 0 spiro atoms. The maximum Gasteiger partial charge on any atom is 0.0589 e. The van der Waals surface area contributed by atoms with Crippen LogP contribution in [0, 0.1) is 17.3 Å². The highest BCUT2D eigenvalue weighted by Gasteiger charge is 2.36. The summed E-state index contributed by atoms with van der Waals surface area (Å²) in [6.45, 7) is 9.74. The number of likely N-dealkylation sites (N-methyl/N-ethyl adjacent to an activating group) is 1. The molecule has 1 aliphatic carbocycles. The van der Waals surface area contributed by atoms with Gasteiger partial charge in [-0.15, -0.1) is 0 Å². The van der Waals surface area contributed by atoms with E-state index in [0.29, 0.717) is 17.4 Å². The molecule has 1 aliphatic rings. The Morgan fingerprint density at radius 2 is 1.94 bits per heavy atom. The third kappa shape index (κ3) is 4.22. The highest BCUT2D eigenvalue weighted by atomic mass is 16.5. The van der Waals surface area contributed by atoms with Gasteiger partial charge >= 0.3 is 0 Å². The van der Waals surface area contributed by atoms with Gasteiger partial charge in [0.25, 0.3) is 0 Å². The number of ether oxygens (including phenoxy) is 1. The molecule has 0 aliphatic heterocycles. The van der Waals surface area contributed by atoms with Crippen LogP contribution in [0.4, 0.5) is 0 Å². The molecule has 0 aromatic heterocycles. The lowest BCUT2D eigenvalue weighted by molar-refractivity contribution is 0.0452. The van der Waals surface area contributed by atoms with Gasteiger partial charge in [-0.25, -0.2) is 0 Å². The molecule has 18 heavy (non-hydrogen) atoms. The topological polar surface area (TPSA) is 38.5 Å². The Labute approximate surface area is 113 Å². The van der Waals surface area contributed by atoms with Crippen molar-refractivity contribution >= 4 is 0 Å². The molecule has 0 aromatic rings. The maximum absolute atomic E-state index is 5.96. The molecule has 0 saturated heterocycles. The minimum absolute atomic E-state index is 0.417. The van der Waals surface area contributed by atoms with Gasteiger partial charge in [0.15, 0.2) is 0 Å². The van der Waals surface area contributed by atoms with Gasteiger partial charge in [0.1, 0.15) is 0 Å². The van der Waals surface area contributed by atoms with E-state index in [0.717, 1.165) is 25.6 Å². The summed E-state index contributed by atoms with van der Waals surface area (Å²) in [5.74, 6) is 1.47. The van der Waals surface area contributed by atoms with E-state index in [1.54, 1.807) is 7.11 Å². The number of hydrogen-bond donors (Lipinski definition) is 1. The summed E-state index contributed by atoms with van der Waals surface area (Å²) in [5, 5.41) is 0. The Morgan fingerprint density at radius 1 is 1.28 bits per heavy atom. The van der Waals surface area contributed by atoms with Gasteiger partial charge in [-0.05, 0) is 50.1 Å². The Bertz CT molecular complexity index is 237. The number of hydrogen-bond acceptors (Lipinski definition) is 3. The number of nitrogens with two attached hydrogens (primary N) is 1. The quantitative estimate of drug-likeness (QED) is 0.820. The van der Waals surface area contributed by atoms with Crippen molar-refractivity contribution in [3.63, 3.8) is 0 Å². The van der Waals surface area contributed by atoms with E-state index in [9.17, 15) is 0 Å². The zero-order valence-corrected chi connectivity index (χ0v) is 12.9. The van der Waals surface area contributed by atoms with Crippen molar-refractivity contribution in [3.05, 3.63) is 0 Å². The molecule has 0 heterocycles. The first kappa shape index (κ1) is 15.9. The van der Waals surface area contributed by atoms with Crippen LogP contribution in [-0.4, -0.2) is 44.8 Å². The molecule has 0 aromatic carbocycles. The van der Waals surface area contributed by atoms with Crippen molar-refractivity contribution in [1.29, 1.82) is 0 Å². The second-order valence-electron chi connectivity index (χ2n) is 6.91. The average molecular weight is 256 g/mol. The first-order chi connectivity index (χ1) is 8.40. The lowest BCUT2D eigenvalue weighted by Gasteiger charge is -2.45. The molecule has 3 heteroatoms. The smallest absolute Gasteiger partial charge is 0.0589 e. The summed E-state index contributed by atoms with van der Waals surface area (Å²) in [4.78, 5) is 2.46. The van der Waals surface area contributed by atoms with Crippen LogP contribution >= 0.6 is 0 Å². The first-order valence-corrected chi connectivity index (χ1v) is 7.29. The van der Waals surface area contributed by atoms with Crippen molar-refractivity contribution in [3.8, 4) is 0 Å². The lowest BCUT2D eigenvalue weighted by Crippen LogP contribution is -2.47. The molecule has 2 N–H and O–H groups in total. The summed E-state index contributed by atoms with van der Waals surface area (Å²) in [6, 6.07) is 0.628. The van der Waals surface area contributed by atoms with E-state index in [4.69, 9.17) is 10.5 Å². The van der Waals surface area contributed by atoms with E-state index in [1.165, 1.54) is 19.3 Å². The van der Waals surface area contributed by atoms with Gasteiger partial charge in [-0.3, -0.25) is 0 Å². The molecule has 3 atom stereocenters. The number of nitrogens with zero attached hydrogens (tertiary/aromatic N) is 1. The Balaban J connectivity index is 2.64. The molecule has 0 amide bonds. The molecule has 1 rings (SSSR count). The Hall–Kier alpha value is -0.120. The van der Waals surface area contributed by atoms with Crippen molar-refractivity contribution < 1.29 is 4.74 Å². The van der Waals surface area contributed by atoms with Crippen LogP contribution in [0.1, 0.15) is 40.0 Å². The molecule has 0 radical (unpaired) electrons. The summed E-state index contributed by atoms with van der Waals surface area (Å²) < 4.78 is 5.19. The van der Waals surface area contributed by atoms with E-state index in [2.05, 4.69) is 32.7 Å². The highest BCUT2D eigenvalue weighted by Crippen LogP contribution is 2.41. The van der Waals surface area contributed by atoms with Crippen LogP contribution in [0.25, 0.3) is 0 Å². The van der Waals surface area contributed by atoms with Crippen molar-refractivity contribution in [1.82, 2.24) is 4.90 Å². The molecule has 108 valence electrons. The second kappa shape index (κ2) is 6.88. The van der Waals surface area contributed by atoms with Gasteiger partial charge < -0.3 is 15.4 Å². The van der Waals surface area contributed by atoms with Crippen molar-refractivity contribution in [2.75, 3.05) is 33.9 Å². The standard InChI is InChI=1S/C15H32N2O/c1-15(2,3)13-7-6-12(11-16)14(10-13)17(4)8-9-18-5/h12-14H,6-11,16H2,1-5H3. The predicted octanol–water partition coefficient (Wildman–Crippen LogP) is 2.35. The van der Waals surface area contributed by atoms with Crippen LogP contribution in [-0.2, 0) is 4.74 Å². The van der Waals surface area contributed by atoms with Gasteiger partial charge in [0.05, 0.1) is 6.61 Å². The summed E-state index contributed by atoms with van der Waals surface area (Å²) >= 11 is 0. The molecule has 3 unspecified atom stereocenters. The fourth-order valence-electron chi connectivity index (χ4n) is 3.21. The largest absolute Gasteiger partial charge is 0.383 e. The third-order valence-corrected chi connectivity index (χ3v) is 4.70. The van der Waals surface area contributed by atoms with E-state index >= 15 is 0 Å². The van der Waals surface area contributed by atoms with Crippen molar-refractivity contribution in [2.24, 2.45) is 23.0 Å². The van der Waals surface area contributed by atoms with Gasteiger partial charge in [0, 0.05) is 19.7 Å². The van der Waals surface area contributed by atoms with E-state index in [1.807, 2.05) is 0 Å². The minimum Gasteiger partial charge on any atom is -0.383 e. The van der Waals surface area contributed by atoms with Crippen LogP contribution in [0.3, 0.4) is 0 Å². The monoisotopic (exact) mass is 256 g/mol. The third-order valence-electron chi connectivity index (χ3n) is 4.70. The zero-order valence-electron chi connectivity index (χ0n) is 12.9. The lowest BCUT2D eigenvalue weighted by atomic mass is 9.67. The summed E-state index contributed by atoms with van der Waals surface area (Å²) in [5.41, 5.74) is 6.37. The highest BCUT2D eigenvalue weighted by molar-refractivity contribution is 4.90. The Morgan fingerprint density at radius 3 is 2.44 bits per heavy atom. The molecule has 0 bridgehead atoms.